The van der Waals surface area contributed by atoms with E-state index >= 15 is 0 Å². The largest absolute Gasteiger partial charge is 0.492 e. The van der Waals surface area contributed by atoms with Crippen LogP contribution in [0.25, 0.3) is 0 Å². The first-order valence-corrected chi connectivity index (χ1v) is 8.03. The van der Waals surface area contributed by atoms with Gasteiger partial charge in [0.2, 0.25) is 5.91 Å². The van der Waals surface area contributed by atoms with Gasteiger partial charge in [-0.15, -0.1) is 0 Å². The number of amides is 1. The van der Waals surface area contributed by atoms with Crippen molar-refractivity contribution in [3.8, 4) is 5.75 Å². The number of rotatable bonds is 7. The average Bonchev–Trinajstić information content (AvgIpc) is 2.54. The highest BCUT2D eigenvalue weighted by molar-refractivity contribution is 5.81. The molecule has 1 heterocycles. The number of ether oxygens (including phenoxy) is 1. The first-order chi connectivity index (χ1) is 10.7. The predicted octanol–water partition coefficient (Wildman–Crippen LogP) is 1.39. The Morgan fingerprint density at radius 1 is 1.36 bits per heavy atom. The molecule has 1 aliphatic rings. The lowest BCUT2D eigenvalue weighted by Gasteiger charge is -2.22. The Hall–Kier alpha value is -1.59. The number of nitrogens with one attached hydrogen (secondary N) is 2. The fraction of sp³-hybridized carbons (Fsp3) is 0.588. The van der Waals surface area contributed by atoms with Crippen molar-refractivity contribution in [2.75, 3.05) is 33.8 Å². The van der Waals surface area contributed by atoms with Crippen LogP contribution >= 0.6 is 0 Å². The van der Waals surface area contributed by atoms with E-state index in [1.807, 2.05) is 38.4 Å². The van der Waals surface area contributed by atoms with Crippen molar-refractivity contribution in [3.05, 3.63) is 29.8 Å². The van der Waals surface area contributed by atoms with Crippen LogP contribution in [0.15, 0.2) is 24.3 Å². The molecule has 22 heavy (non-hydrogen) atoms. The Kier molecular flexibility index (Phi) is 6.68. The molecule has 0 aliphatic carbocycles. The first-order valence-electron chi connectivity index (χ1n) is 8.03. The third-order valence-corrected chi connectivity index (χ3v) is 3.85. The van der Waals surface area contributed by atoms with Gasteiger partial charge in [-0.25, -0.2) is 0 Å². The molecular formula is C17H27N3O2. The zero-order valence-electron chi connectivity index (χ0n) is 13.6. The number of piperidine rings is 1. The van der Waals surface area contributed by atoms with E-state index in [9.17, 15) is 4.79 Å². The zero-order chi connectivity index (χ0) is 15.8. The second-order valence-electron chi connectivity index (χ2n) is 5.98. The van der Waals surface area contributed by atoms with Crippen molar-refractivity contribution in [1.82, 2.24) is 15.5 Å². The first kappa shape index (κ1) is 16.8. The molecule has 1 atom stereocenters. The summed E-state index contributed by atoms with van der Waals surface area (Å²) in [6.45, 7) is 2.95. The molecular weight excluding hydrogens is 278 g/mol. The molecule has 5 heteroatoms. The van der Waals surface area contributed by atoms with Gasteiger partial charge in [-0.2, -0.15) is 0 Å². The summed E-state index contributed by atoms with van der Waals surface area (Å²) >= 11 is 0. The summed E-state index contributed by atoms with van der Waals surface area (Å²) < 4.78 is 5.82. The molecule has 0 aromatic heterocycles. The van der Waals surface area contributed by atoms with Crippen LogP contribution in [-0.4, -0.2) is 50.6 Å². The minimum atomic E-state index is -0.0458. The van der Waals surface area contributed by atoms with Crippen LogP contribution in [0.3, 0.4) is 0 Å². The molecule has 0 unspecified atom stereocenters. The van der Waals surface area contributed by atoms with Gasteiger partial charge in [0.25, 0.3) is 0 Å². The summed E-state index contributed by atoms with van der Waals surface area (Å²) in [5.74, 6) is 0.934. The van der Waals surface area contributed by atoms with Crippen LogP contribution < -0.4 is 15.4 Å². The second-order valence-corrected chi connectivity index (χ2v) is 5.98. The Morgan fingerprint density at radius 3 is 2.91 bits per heavy atom. The van der Waals surface area contributed by atoms with Crippen molar-refractivity contribution < 1.29 is 9.53 Å². The highest BCUT2D eigenvalue weighted by atomic mass is 16.5. The highest BCUT2D eigenvalue weighted by Crippen LogP contribution is 2.18. The van der Waals surface area contributed by atoms with Crippen molar-refractivity contribution in [2.45, 2.75) is 31.8 Å². The molecule has 1 fully saturated rings. The molecule has 2 rings (SSSR count). The van der Waals surface area contributed by atoms with Crippen LogP contribution in [0.5, 0.6) is 5.75 Å². The number of nitrogens with zero attached hydrogens (tertiary/aromatic N) is 1. The predicted molar refractivity (Wildman–Crippen MR) is 88.0 cm³/mol. The van der Waals surface area contributed by atoms with Crippen LogP contribution in [0.4, 0.5) is 0 Å². The van der Waals surface area contributed by atoms with Crippen LogP contribution in [0.2, 0.25) is 0 Å². The van der Waals surface area contributed by atoms with Gasteiger partial charge < -0.3 is 20.3 Å². The normalized spacial score (nSPS) is 18.2. The summed E-state index contributed by atoms with van der Waals surface area (Å²) in [5.41, 5.74) is 1.02. The number of hydrogen-bond acceptors (Lipinski definition) is 4. The number of likely N-dealkylation sites (N-methyl/N-ethyl adjacent to an activating group) is 1. The van der Waals surface area contributed by atoms with Gasteiger partial charge in [-0.05, 0) is 39.5 Å². The quantitative estimate of drug-likeness (QED) is 0.799. The third-order valence-electron chi connectivity index (χ3n) is 3.85. The SMILES string of the molecule is CN(C)CCOc1ccccc1CNC(=O)[C@H]1CCCCN1. The maximum absolute atomic E-state index is 12.2. The van der Waals surface area contributed by atoms with Gasteiger partial charge in [-0.1, -0.05) is 24.6 Å². The zero-order valence-corrected chi connectivity index (χ0v) is 13.6. The molecule has 0 saturated carbocycles. The standard InChI is InChI=1S/C17H27N3O2/c1-20(2)11-12-22-16-9-4-3-7-14(16)13-19-17(21)15-8-5-6-10-18-15/h3-4,7,9,15,18H,5-6,8,10-13H2,1-2H3,(H,19,21)/t15-/m1/s1. The maximum Gasteiger partial charge on any atom is 0.237 e. The Labute approximate surface area is 133 Å². The van der Waals surface area contributed by atoms with E-state index < -0.39 is 0 Å². The van der Waals surface area contributed by atoms with E-state index in [1.54, 1.807) is 0 Å². The fourth-order valence-electron chi connectivity index (χ4n) is 2.51. The van der Waals surface area contributed by atoms with Gasteiger partial charge in [0.05, 0.1) is 6.04 Å². The van der Waals surface area contributed by atoms with Gasteiger partial charge in [0, 0.05) is 18.7 Å². The summed E-state index contributed by atoms with van der Waals surface area (Å²) in [7, 11) is 4.04. The smallest absolute Gasteiger partial charge is 0.237 e. The Morgan fingerprint density at radius 2 is 2.18 bits per heavy atom. The van der Waals surface area contributed by atoms with E-state index in [0.29, 0.717) is 13.2 Å². The van der Waals surface area contributed by atoms with Crippen LogP contribution in [0.1, 0.15) is 24.8 Å². The van der Waals surface area contributed by atoms with Gasteiger partial charge in [0.1, 0.15) is 12.4 Å². The number of hydrogen-bond donors (Lipinski definition) is 2. The van der Waals surface area contributed by atoms with Gasteiger partial charge in [0.15, 0.2) is 0 Å². The molecule has 2 N–H and O–H groups in total. The highest BCUT2D eigenvalue weighted by Gasteiger charge is 2.20. The Balaban J connectivity index is 1.84. The summed E-state index contributed by atoms with van der Waals surface area (Å²) in [6, 6.07) is 7.84. The summed E-state index contributed by atoms with van der Waals surface area (Å²) in [6.07, 6.45) is 3.20. The van der Waals surface area contributed by atoms with E-state index in [0.717, 1.165) is 43.7 Å². The third kappa shape index (κ3) is 5.31. The molecule has 1 aliphatic heterocycles. The molecule has 1 amide bonds. The average molecular weight is 305 g/mol. The van der Waals surface area contributed by atoms with E-state index in [4.69, 9.17) is 4.74 Å². The molecule has 0 radical (unpaired) electrons. The lowest BCUT2D eigenvalue weighted by atomic mass is 10.0. The maximum atomic E-state index is 12.2. The number of carbonyl (C=O) groups is 1. The van der Waals surface area contributed by atoms with Crippen molar-refractivity contribution >= 4 is 5.91 Å². The van der Waals surface area contributed by atoms with Crippen LogP contribution in [0, 0.1) is 0 Å². The molecule has 1 aromatic carbocycles. The molecule has 1 aromatic rings. The number of carbonyl (C=O) groups excluding carboxylic acids is 1. The van der Waals surface area contributed by atoms with E-state index in [1.165, 1.54) is 0 Å². The molecule has 1 saturated heterocycles. The topological polar surface area (TPSA) is 53.6 Å². The Bertz CT molecular complexity index is 471. The summed E-state index contributed by atoms with van der Waals surface area (Å²) in [5, 5.41) is 6.28. The molecule has 0 bridgehead atoms. The monoisotopic (exact) mass is 305 g/mol. The number of benzene rings is 1. The minimum Gasteiger partial charge on any atom is -0.492 e. The second kappa shape index (κ2) is 8.76. The molecule has 5 nitrogen and oxygen atoms in total. The van der Waals surface area contributed by atoms with E-state index in [-0.39, 0.29) is 11.9 Å². The lowest BCUT2D eigenvalue weighted by molar-refractivity contribution is -0.123. The molecule has 0 spiro atoms. The van der Waals surface area contributed by atoms with E-state index in [2.05, 4.69) is 15.5 Å². The van der Waals surface area contributed by atoms with Crippen molar-refractivity contribution in [3.63, 3.8) is 0 Å². The minimum absolute atomic E-state index is 0.0458. The fourth-order valence-corrected chi connectivity index (χ4v) is 2.51. The summed E-state index contributed by atoms with van der Waals surface area (Å²) in [4.78, 5) is 14.2. The number of para-hydroxylation sites is 1. The van der Waals surface area contributed by atoms with Gasteiger partial charge in [-0.3, -0.25) is 4.79 Å². The van der Waals surface area contributed by atoms with Gasteiger partial charge >= 0.3 is 0 Å². The molecule has 122 valence electrons. The van der Waals surface area contributed by atoms with Crippen molar-refractivity contribution in [2.24, 2.45) is 0 Å². The lowest BCUT2D eigenvalue weighted by Crippen LogP contribution is -2.46. The van der Waals surface area contributed by atoms with Crippen molar-refractivity contribution in [1.29, 1.82) is 0 Å². The van der Waals surface area contributed by atoms with Crippen LogP contribution in [-0.2, 0) is 11.3 Å².